The molecular formula is C9H16ClNO4. The molecule has 0 saturated carbocycles. The highest BCUT2D eigenvalue weighted by Crippen LogP contribution is 2.06. The van der Waals surface area contributed by atoms with Crippen LogP contribution in [0.15, 0.2) is 0 Å². The van der Waals surface area contributed by atoms with Gasteiger partial charge in [-0.1, -0.05) is 0 Å². The molecular weight excluding hydrogens is 222 g/mol. The zero-order valence-electron chi connectivity index (χ0n) is 9.30. The summed E-state index contributed by atoms with van der Waals surface area (Å²) in [7, 11) is 1.23. The van der Waals surface area contributed by atoms with Gasteiger partial charge in [-0.25, -0.2) is 4.79 Å². The van der Waals surface area contributed by atoms with E-state index in [2.05, 4.69) is 10.1 Å². The number of ether oxygens (including phenoxy) is 2. The van der Waals surface area contributed by atoms with Crippen LogP contribution >= 0.6 is 11.6 Å². The second-order valence-electron chi connectivity index (χ2n) is 3.87. The molecule has 0 saturated heterocycles. The number of halogens is 1. The van der Waals surface area contributed by atoms with Crippen molar-refractivity contribution in [3.63, 3.8) is 0 Å². The number of carbonyl (C=O) groups is 2. The number of esters is 1. The molecule has 0 radical (unpaired) electrons. The summed E-state index contributed by atoms with van der Waals surface area (Å²) >= 11 is 5.60. The van der Waals surface area contributed by atoms with Crippen LogP contribution in [0.25, 0.3) is 0 Å². The van der Waals surface area contributed by atoms with Crippen molar-refractivity contribution in [1.29, 1.82) is 0 Å². The number of alkyl carbamates (subject to hydrolysis) is 1. The van der Waals surface area contributed by atoms with Crippen molar-refractivity contribution in [1.82, 2.24) is 5.32 Å². The van der Waals surface area contributed by atoms with Gasteiger partial charge in [-0.05, 0) is 20.8 Å². The topological polar surface area (TPSA) is 64.6 Å². The van der Waals surface area contributed by atoms with Gasteiger partial charge >= 0.3 is 12.1 Å². The molecule has 0 spiro atoms. The Balaban J connectivity index is 3.86. The summed E-state index contributed by atoms with van der Waals surface area (Å²) in [6.07, 6.45) is -0.614. The van der Waals surface area contributed by atoms with Crippen molar-refractivity contribution in [3.8, 4) is 0 Å². The van der Waals surface area contributed by atoms with E-state index < -0.39 is 23.0 Å². The molecule has 1 N–H and O–H groups in total. The fourth-order valence-electron chi connectivity index (χ4n) is 0.698. The first-order chi connectivity index (χ1) is 6.76. The van der Waals surface area contributed by atoms with Crippen LogP contribution in [0.1, 0.15) is 20.8 Å². The molecule has 1 unspecified atom stereocenters. The second-order valence-corrected chi connectivity index (χ2v) is 4.40. The average Bonchev–Trinajstić information content (AvgIpc) is 2.10. The Bertz CT molecular complexity index is 237. The largest absolute Gasteiger partial charge is 0.468 e. The molecule has 15 heavy (non-hydrogen) atoms. The van der Waals surface area contributed by atoms with Gasteiger partial charge in [0, 0.05) is 6.54 Å². The average molecular weight is 238 g/mol. The van der Waals surface area contributed by atoms with Gasteiger partial charge in [-0.3, -0.25) is 4.79 Å². The van der Waals surface area contributed by atoms with Gasteiger partial charge < -0.3 is 14.8 Å². The first kappa shape index (κ1) is 14.0. The molecule has 0 aliphatic carbocycles. The van der Waals surface area contributed by atoms with Crippen LogP contribution in [-0.4, -0.2) is 36.7 Å². The van der Waals surface area contributed by atoms with E-state index in [1.54, 1.807) is 20.8 Å². The number of nitrogens with one attached hydrogen (secondary N) is 1. The van der Waals surface area contributed by atoms with Crippen molar-refractivity contribution < 1.29 is 19.1 Å². The molecule has 0 rings (SSSR count). The van der Waals surface area contributed by atoms with Crippen molar-refractivity contribution in [2.24, 2.45) is 0 Å². The molecule has 0 aromatic carbocycles. The number of alkyl halides is 1. The Morgan fingerprint density at radius 1 is 1.40 bits per heavy atom. The summed E-state index contributed by atoms with van der Waals surface area (Å²) in [6.45, 7) is 5.20. The van der Waals surface area contributed by atoms with Gasteiger partial charge in [-0.15, -0.1) is 11.6 Å². The fraction of sp³-hybridized carbons (Fsp3) is 0.778. The van der Waals surface area contributed by atoms with E-state index in [1.807, 2.05) is 0 Å². The molecule has 0 aromatic rings. The summed E-state index contributed by atoms with van der Waals surface area (Å²) in [4.78, 5) is 22.0. The Hall–Kier alpha value is -0.970. The lowest BCUT2D eigenvalue weighted by atomic mass is 10.2. The number of hydrogen-bond donors (Lipinski definition) is 1. The van der Waals surface area contributed by atoms with E-state index in [-0.39, 0.29) is 6.54 Å². The zero-order chi connectivity index (χ0) is 12.1. The standard InChI is InChI=1S/C9H16ClNO4/c1-9(2,3)15-8(13)11-5-6(10)7(12)14-4/h6H,5H2,1-4H3,(H,11,13). The highest BCUT2D eigenvalue weighted by atomic mass is 35.5. The highest BCUT2D eigenvalue weighted by Gasteiger charge is 2.19. The third-order valence-corrected chi connectivity index (χ3v) is 1.61. The molecule has 0 aromatic heterocycles. The maximum atomic E-state index is 11.1. The van der Waals surface area contributed by atoms with Crippen molar-refractivity contribution >= 4 is 23.7 Å². The smallest absolute Gasteiger partial charge is 0.407 e. The summed E-state index contributed by atoms with van der Waals surface area (Å²) in [5, 5.41) is 1.46. The summed E-state index contributed by atoms with van der Waals surface area (Å²) in [6, 6.07) is 0. The quantitative estimate of drug-likeness (QED) is 0.594. The maximum Gasteiger partial charge on any atom is 0.407 e. The lowest BCUT2D eigenvalue weighted by Crippen LogP contribution is -2.37. The van der Waals surface area contributed by atoms with Crippen LogP contribution in [0.3, 0.4) is 0 Å². The number of rotatable bonds is 3. The van der Waals surface area contributed by atoms with Crippen molar-refractivity contribution in [2.45, 2.75) is 31.7 Å². The monoisotopic (exact) mass is 237 g/mol. The summed E-state index contributed by atoms with van der Waals surface area (Å²) < 4.78 is 9.32. The third kappa shape index (κ3) is 7.02. The van der Waals surface area contributed by atoms with E-state index in [9.17, 15) is 9.59 Å². The van der Waals surface area contributed by atoms with Crippen LogP contribution in [-0.2, 0) is 14.3 Å². The predicted octanol–water partition coefficient (Wildman–Crippen LogP) is 1.29. The number of methoxy groups -OCH3 is 1. The van der Waals surface area contributed by atoms with Crippen molar-refractivity contribution in [3.05, 3.63) is 0 Å². The molecule has 1 atom stereocenters. The molecule has 0 aliphatic rings. The number of amides is 1. The van der Waals surface area contributed by atoms with Gasteiger partial charge in [-0.2, -0.15) is 0 Å². The van der Waals surface area contributed by atoms with E-state index in [0.717, 1.165) is 0 Å². The van der Waals surface area contributed by atoms with Crippen LogP contribution < -0.4 is 5.32 Å². The first-order valence-corrected chi connectivity index (χ1v) is 4.88. The Morgan fingerprint density at radius 3 is 2.33 bits per heavy atom. The van der Waals surface area contributed by atoms with E-state index in [4.69, 9.17) is 16.3 Å². The first-order valence-electron chi connectivity index (χ1n) is 4.45. The summed E-state index contributed by atoms with van der Waals surface area (Å²) in [5.74, 6) is -0.590. The number of carbonyl (C=O) groups excluding carboxylic acids is 2. The third-order valence-electron chi connectivity index (χ3n) is 1.28. The van der Waals surface area contributed by atoms with Gasteiger partial charge in [0.15, 0.2) is 0 Å². The molecule has 0 aliphatic heterocycles. The highest BCUT2D eigenvalue weighted by molar-refractivity contribution is 6.30. The Kier molecular flexibility index (Phi) is 5.43. The SMILES string of the molecule is COC(=O)C(Cl)CNC(=O)OC(C)(C)C. The minimum atomic E-state index is -0.900. The lowest BCUT2D eigenvalue weighted by Gasteiger charge is -2.20. The predicted molar refractivity (Wildman–Crippen MR) is 55.9 cm³/mol. The van der Waals surface area contributed by atoms with Crippen molar-refractivity contribution in [2.75, 3.05) is 13.7 Å². The van der Waals surface area contributed by atoms with Crippen LogP contribution in [0.2, 0.25) is 0 Å². The maximum absolute atomic E-state index is 11.1. The van der Waals surface area contributed by atoms with Gasteiger partial charge in [0.2, 0.25) is 0 Å². The summed E-state index contributed by atoms with van der Waals surface area (Å²) in [5.41, 5.74) is -0.572. The molecule has 0 heterocycles. The normalized spacial score (nSPS) is 12.9. The Labute approximate surface area is 94.1 Å². The molecule has 88 valence electrons. The molecule has 0 fully saturated rings. The minimum Gasteiger partial charge on any atom is -0.468 e. The number of hydrogen-bond acceptors (Lipinski definition) is 4. The molecule has 6 heteroatoms. The van der Waals surface area contributed by atoms with E-state index >= 15 is 0 Å². The van der Waals surface area contributed by atoms with E-state index in [0.29, 0.717) is 0 Å². The Morgan fingerprint density at radius 2 is 1.93 bits per heavy atom. The fourth-order valence-corrected chi connectivity index (χ4v) is 0.865. The van der Waals surface area contributed by atoms with Gasteiger partial charge in [0.05, 0.1) is 7.11 Å². The lowest BCUT2D eigenvalue weighted by molar-refractivity contribution is -0.140. The van der Waals surface area contributed by atoms with Crippen LogP contribution in [0.5, 0.6) is 0 Å². The second kappa shape index (κ2) is 5.80. The molecule has 5 nitrogen and oxygen atoms in total. The minimum absolute atomic E-state index is 0.0247. The molecule has 1 amide bonds. The van der Waals surface area contributed by atoms with Gasteiger partial charge in [0.1, 0.15) is 11.0 Å². The van der Waals surface area contributed by atoms with E-state index in [1.165, 1.54) is 7.11 Å². The molecule has 0 bridgehead atoms. The van der Waals surface area contributed by atoms with Crippen LogP contribution in [0, 0.1) is 0 Å². The van der Waals surface area contributed by atoms with Crippen LogP contribution in [0.4, 0.5) is 4.79 Å². The zero-order valence-corrected chi connectivity index (χ0v) is 10.1. The van der Waals surface area contributed by atoms with Gasteiger partial charge in [0.25, 0.3) is 0 Å².